The molecule has 3 N–H and O–H groups in total. The van der Waals surface area contributed by atoms with Crippen molar-refractivity contribution in [3.8, 4) is 0 Å². The van der Waals surface area contributed by atoms with E-state index in [0.29, 0.717) is 19.6 Å². The van der Waals surface area contributed by atoms with E-state index in [2.05, 4.69) is 16.7 Å². The number of benzene rings is 1. The summed E-state index contributed by atoms with van der Waals surface area (Å²) in [6, 6.07) is 7.69. The lowest BCUT2D eigenvalue weighted by Crippen LogP contribution is -2.46. The first-order chi connectivity index (χ1) is 11.2. The van der Waals surface area contributed by atoms with Crippen molar-refractivity contribution in [2.75, 3.05) is 26.3 Å². The Morgan fingerprint density at radius 3 is 2.96 bits per heavy atom. The zero-order valence-electron chi connectivity index (χ0n) is 13.5. The van der Waals surface area contributed by atoms with Gasteiger partial charge in [0.25, 0.3) is 0 Å². The largest absolute Gasteiger partial charge is 0.383 e. The normalized spacial score (nSPS) is 23.2. The Labute approximate surface area is 137 Å². The molecular weight excluding hydrogens is 292 g/mol. The molecule has 1 fully saturated rings. The number of aryl methyl sites for hydroxylation is 1. The number of ether oxygens (including phenoxy) is 1. The van der Waals surface area contributed by atoms with Crippen LogP contribution >= 0.6 is 0 Å². The molecule has 2 amide bonds. The fourth-order valence-electron chi connectivity index (χ4n) is 3.14. The lowest BCUT2D eigenvalue weighted by molar-refractivity contribution is 0.0216. The highest BCUT2D eigenvalue weighted by atomic mass is 16.5. The summed E-state index contributed by atoms with van der Waals surface area (Å²) >= 11 is 0. The van der Waals surface area contributed by atoms with Gasteiger partial charge < -0.3 is 20.5 Å². The van der Waals surface area contributed by atoms with Crippen molar-refractivity contribution in [3.05, 3.63) is 35.4 Å². The quantitative estimate of drug-likeness (QED) is 0.673. The molecule has 0 saturated heterocycles. The van der Waals surface area contributed by atoms with E-state index < -0.39 is 5.60 Å². The van der Waals surface area contributed by atoms with E-state index in [4.69, 9.17) is 4.74 Å². The Balaban J connectivity index is 1.41. The first-order valence-electron chi connectivity index (χ1n) is 8.57. The van der Waals surface area contributed by atoms with Gasteiger partial charge in [-0.2, -0.15) is 0 Å². The van der Waals surface area contributed by atoms with E-state index >= 15 is 0 Å². The van der Waals surface area contributed by atoms with E-state index in [1.807, 2.05) is 18.2 Å². The number of hydrogen-bond acceptors (Lipinski definition) is 3. The van der Waals surface area contributed by atoms with Crippen LogP contribution in [0.5, 0.6) is 0 Å². The highest BCUT2D eigenvalue weighted by Crippen LogP contribution is 2.34. The van der Waals surface area contributed by atoms with Crippen LogP contribution in [0.3, 0.4) is 0 Å². The van der Waals surface area contributed by atoms with Crippen molar-refractivity contribution in [1.29, 1.82) is 0 Å². The number of fused-ring (bicyclic) bond motifs is 1. The monoisotopic (exact) mass is 318 g/mol. The van der Waals surface area contributed by atoms with Crippen molar-refractivity contribution < 1.29 is 14.6 Å². The Bertz CT molecular complexity index is 545. The van der Waals surface area contributed by atoms with E-state index in [1.54, 1.807) is 0 Å². The lowest BCUT2D eigenvalue weighted by atomic mass is 9.79. The van der Waals surface area contributed by atoms with Gasteiger partial charge in [0.15, 0.2) is 0 Å². The fourth-order valence-corrected chi connectivity index (χ4v) is 3.14. The van der Waals surface area contributed by atoms with Gasteiger partial charge in [0, 0.05) is 13.2 Å². The van der Waals surface area contributed by atoms with Gasteiger partial charge in [0.1, 0.15) is 5.60 Å². The Morgan fingerprint density at radius 2 is 2.13 bits per heavy atom. The van der Waals surface area contributed by atoms with Crippen LogP contribution < -0.4 is 10.6 Å². The summed E-state index contributed by atoms with van der Waals surface area (Å²) in [7, 11) is 0. The third-order valence-corrected chi connectivity index (χ3v) is 4.68. The first kappa shape index (κ1) is 16.3. The van der Waals surface area contributed by atoms with Gasteiger partial charge in [-0.25, -0.2) is 4.79 Å². The lowest BCUT2D eigenvalue weighted by Gasteiger charge is -2.34. The van der Waals surface area contributed by atoms with Crippen LogP contribution in [-0.2, 0) is 16.8 Å². The van der Waals surface area contributed by atoms with Gasteiger partial charge in [0.05, 0.1) is 13.2 Å². The summed E-state index contributed by atoms with van der Waals surface area (Å²) in [5, 5.41) is 16.4. The third-order valence-electron chi connectivity index (χ3n) is 4.68. The Kier molecular flexibility index (Phi) is 5.18. The maximum atomic E-state index is 11.9. The van der Waals surface area contributed by atoms with Gasteiger partial charge in [-0.05, 0) is 49.1 Å². The standard InChI is InChI=1S/C18H26N2O3/c21-17(19-10-11-23-12-14-7-8-14)20-13-18(22)9-3-5-15-4-1-2-6-16(15)18/h1-2,4,6,14,22H,3,5,7-13H2,(H2,19,20,21). The van der Waals surface area contributed by atoms with Crippen LogP contribution in [0.4, 0.5) is 4.79 Å². The highest BCUT2D eigenvalue weighted by Gasteiger charge is 2.34. The zero-order chi connectivity index (χ0) is 16.1. The molecule has 3 rings (SSSR count). The molecule has 0 spiro atoms. The SMILES string of the molecule is O=C(NCCOCC1CC1)NCC1(O)CCCc2ccccc21. The maximum absolute atomic E-state index is 11.9. The number of nitrogens with one attached hydrogen (secondary N) is 2. The highest BCUT2D eigenvalue weighted by molar-refractivity contribution is 5.73. The van der Waals surface area contributed by atoms with Crippen molar-refractivity contribution in [2.24, 2.45) is 5.92 Å². The second-order valence-corrected chi connectivity index (χ2v) is 6.67. The van der Waals surface area contributed by atoms with E-state index in [1.165, 1.54) is 18.4 Å². The number of carbonyl (C=O) groups is 1. The minimum atomic E-state index is -0.964. The molecule has 1 saturated carbocycles. The molecule has 126 valence electrons. The maximum Gasteiger partial charge on any atom is 0.314 e. The Hall–Kier alpha value is -1.59. The third kappa shape index (κ3) is 4.45. The summed E-state index contributed by atoms with van der Waals surface area (Å²) < 4.78 is 5.48. The second-order valence-electron chi connectivity index (χ2n) is 6.67. The van der Waals surface area contributed by atoms with Crippen LogP contribution in [0.15, 0.2) is 24.3 Å². The molecule has 23 heavy (non-hydrogen) atoms. The molecule has 1 aromatic rings. The molecule has 0 bridgehead atoms. The minimum absolute atomic E-state index is 0.235. The molecule has 2 aliphatic carbocycles. The number of rotatable bonds is 7. The molecule has 1 unspecified atom stereocenters. The molecular formula is C18H26N2O3. The molecule has 5 heteroatoms. The molecule has 1 aromatic carbocycles. The number of aliphatic hydroxyl groups is 1. The van der Waals surface area contributed by atoms with Crippen LogP contribution in [0.1, 0.15) is 36.8 Å². The fraction of sp³-hybridized carbons (Fsp3) is 0.611. The smallest absolute Gasteiger partial charge is 0.314 e. The van der Waals surface area contributed by atoms with E-state index in [0.717, 1.165) is 30.9 Å². The van der Waals surface area contributed by atoms with E-state index in [-0.39, 0.29) is 12.6 Å². The number of carbonyl (C=O) groups excluding carboxylic acids is 1. The predicted octanol–water partition coefficient (Wildman–Crippen LogP) is 1.94. The summed E-state index contributed by atoms with van der Waals surface area (Å²) in [4.78, 5) is 11.9. The minimum Gasteiger partial charge on any atom is -0.383 e. The first-order valence-corrected chi connectivity index (χ1v) is 8.57. The Morgan fingerprint density at radius 1 is 1.30 bits per heavy atom. The molecule has 0 aliphatic heterocycles. The molecule has 5 nitrogen and oxygen atoms in total. The molecule has 0 aromatic heterocycles. The van der Waals surface area contributed by atoms with Crippen molar-refractivity contribution >= 4 is 6.03 Å². The van der Waals surface area contributed by atoms with Crippen molar-refractivity contribution in [2.45, 2.75) is 37.7 Å². The molecule has 1 atom stereocenters. The molecule has 0 heterocycles. The summed E-state index contributed by atoms with van der Waals surface area (Å²) in [5.74, 6) is 0.740. The zero-order valence-corrected chi connectivity index (χ0v) is 13.5. The van der Waals surface area contributed by atoms with Crippen molar-refractivity contribution in [1.82, 2.24) is 10.6 Å². The van der Waals surface area contributed by atoms with Crippen LogP contribution in [0, 0.1) is 5.92 Å². The number of amides is 2. The van der Waals surface area contributed by atoms with Crippen LogP contribution in [0.25, 0.3) is 0 Å². The average molecular weight is 318 g/mol. The topological polar surface area (TPSA) is 70.6 Å². The summed E-state index contributed by atoms with van der Waals surface area (Å²) in [6.07, 6.45) is 5.14. The van der Waals surface area contributed by atoms with Gasteiger partial charge >= 0.3 is 6.03 Å². The predicted molar refractivity (Wildman–Crippen MR) is 88.2 cm³/mol. The number of hydrogen-bond donors (Lipinski definition) is 3. The van der Waals surface area contributed by atoms with Gasteiger partial charge in [-0.1, -0.05) is 24.3 Å². The molecule has 0 radical (unpaired) electrons. The summed E-state index contributed by atoms with van der Waals surface area (Å²) in [5.41, 5.74) is 1.16. The van der Waals surface area contributed by atoms with Crippen LogP contribution in [-0.4, -0.2) is 37.4 Å². The molecule has 2 aliphatic rings. The summed E-state index contributed by atoms with van der Waals surface area (Å²) in [6.45, 7) is 2.07. The van der Waals surface area contributed by atoms with Gasteiger partial charge in [-0.15, -0.1) is 0 Å². The average Bonchev–Trinajstić information content (AvgIpc) is 3.38. The van der Waals surface area contributed by atoms with E-state index in [9.17, 15) is 9.90 Å². The van der Waals surface area contributed by atoms with Gasteiger partial charge in [-0.3, -0.25) is 0 Å². The van der Waals surface area contributed by atoms with Crippen LogP contribution in [0.2, 0.25) is 0 Å². The van der Waals surface area contributed by atoms with Crippen molar-refractivity contribution in [3.63, 3.8) is 0 Å². The number of urea groups is 1. The van der Waals surface area contributed by atoms with Gasteiger partial charge in [0.2, 0.25) is 0 Å². The second kappa shape index (κ2) is 7.32.